The van der Waals surface area contributed by atoms with Crippen molar-refractivity contribution in [3.8, 4) is 0 Å². The summed E-state index contributed by atoms with van der Waals surface area (Å²) in [4.78, 5) is 2.58. The first-order chi connectivity index (χ1) is 8.31. The SMILES string of the molecule is CCCN(Cc1ccccc1)C1CCCC1N. The largest absolute Gasteiger partial charge is 0.326 e. The van der Waals surface area contributed by atoms with Gasteiger partial charge in [0, 0.05) is 18.6 Å². The van der Waals surface area contributed by atoms with Crippen molar-refractivity contribution in [1.29, 1.82) is 0 Å². The van der Waals surface area contributed by atoms with E-state index in [0.29, 0.717) is 12.1 Å². The molecule has 2 N–H and O–H groups in total. The van der Waals surface area contributed by atoms with Crippen LogP contribution in [0.4, 0.5) is 0 Å². The summed E-state index contributed by atoms with van der Waals surface area (Å²) < 4.78 is 0. The molecule has 1 aromatic carbocycles. The van der Waals surface area contributed by atoms with Crippen molar-refractivity contribution in [3.05, 3.63) is 35.9 Å². The Kier molecular flexibility index (Phi) is 4.57. The van der Waals surface area contributed by atoms with Crippen LogP contribution >= 0.6 is 0 Å². The van der Waals surface area contributed by atoms with Crippen molar-refractivity contribution in [1.82, 2.24) is 4.90 Å². The van der Waals surface area contributed by atoms with Gasteiger partial charge in [0.2, 0.25) is 0 Å². The minimum absolute atomic E-state index is 0.380. The maximum absolute atomic E-state index is 6.22. The molecule has 2 unspecified atom stereocenters. The number of benzene rings is 1. The third kappa shape index (κ3) is 3.30. The van der Waals surface area contributed by atoms with E-state index < -0.39 is 0 Å². The first-order valence-corrected chi connectivity index (χ1v) is 6.85. The first kappa shape index (κ1) is 12.6. The van der Waals surface area contributed by atoms with Gasteiger partial charge in [-0.25, -0.2) is 0 Å². The number of hydrogen-bond donors (Lipinski definition) is 1. The fourth-order valence-electron chi connectivity index (χ4n) is 2.89. The highest BCUT2D eigenvalue weighted by Crippen LogP contribution is 2.24. The summed E-state index contributed by atoms with van der Waals surface area (Å²) in [6.07, 6.45) is 4.96. The van der Waals surface area contributed by atoms with Crippen molar-refractivity contribution in [2.75, 3.05) is 6.54 Å². The molecule has 0 heterocycles. The average molecular weight is 232 g/mol. The molecule has 2 nitrogen and oxygen atoms in total. The van der Waals surface area contributed by atoms with Crippen LogP contribution < -0.4 is 5.73 Å². The number of nitrogens with zero attached hydrogens (tertiary/aromatic N) is 1. The van der Waals surface area contributed by atoms with Gasteiger partial charge in [-0.3, -0.25) is 4.90 Å². The minimum Gasteiger partial charge on any atom is -0.326 e. The summed E-state index contributed by atoms with van der Waals surface area (Å²) in [6, 6.07) is 11.7. The Morgan fingerprint density at radius 1 is 1.24 bits per heavy atom. The molecule has 0 spiro atoms. The van der Waals surface area contributed by atoms with E-state index in [1.165, 1.54) is 31.2 Å². The van der Waals surface area contributed by atoms with Crippen molar-refractivity contribution in [2.24, 2.45) is 5.73 Å². The lowest BCUT2D eigenvalue weighted by atomic mass is 10.1. The van der Waals surface area contributed by atoms with E-state index in [1.807, 2.05) is 0 Å². The highest BCUT2D eigenvalue weighted by atomic mass is 15.2. The normalized spacial score (nSPS) is 24.4. The molecule has 2 heteroatoms. The zero-order valence-electron chi connectivity index (χ0n) is 10.8. The Morgan fingerprint density at radius 3 is 2.59 bits per heavy atom. The molecule has 1 aliphatic carbocycles. The molecule has 0 bridgehead atoms. The molecule has 94 valence electrons. The second-order valence-corrected chi connectivity index (χ2v) is 5.12. The van der Waals surface area contributed by atoms with E-state index in [9.17, 15) is 0 Å². The molecule has 1 aliphatic rings. The van der Waals surface area contributed by atoms with Crippen LogP contribution in [0, 0.1) is 0 Å². The van der Waals surface area contributed by atoms with Gasteiger partial charge in [0.15, 0.2) is 0 Å². The van der Waals surface area contributed by atoms with E-state index in [1.54, 1.807) is 0 Å². The smallest absolute Gasteiger partial charge is 0.0250 e. The molecule has 0 aromatic heterocycles. The average Bonchev–Trinajstić information content (AvgIpc) is 2.76. The highest BCUT2D eigenvalue weighted by molar-refractivity contribution is 5.14. The lowest BCUT2D eigenvalue weighted by Gasteiger charge is -2.31. The van der Waals surface area contributed by atoms with Gasteiger partial charge >= 0.3 is 0 Å². The summed E-state index contributed by atoms with van der Waals surface area (Å²) in [5.41, 5.74) is 7.62. The van der Waals surface area contributed by atoms with Crippen LogP contribution in [0.5, 0.6) is 0 Å². The van der Waals surface area contributed by atoms with Gasteiger partial charge < -0.3 is 5.73 Å². The molecule has 2 atom stereocenters. The van der Waals surface area contributed by atoms with Gasteiger partial charge in [-0.2, -0.15) is 0 Å². The first-order valence-electron chi connectivity index (χ1n) is 6.85. The topological polar surface area (TPSA) is 29.3 Å². The number of hydrogen-bond acceptors (Lipinski definition) is 2. The molecule has 17 heavy (non-hydrogen) atoms. The monoisotopic (exact) mass is 232 g/mol. The Labute approximate surface area is 105 Å². The van der Waals surface area contributed by atoms with Crippen molar-refractivity contribution in [2.45, 2.75) is 51.2 Å². The lowest BCUT2D eigenvalue weighted by Crippen LogP contribution is -2.44. The summed E-state index contributed by atoms with van der Waals surface area (Å²) >= 11 is 0. The third-order valence-electron chi connectivity index (χ3n) is 3.74. The van der Waals surface area contributed by atoms with Gasteiger partial charge in [0.1, 0.15) is 0 Å². The van der Waals surface area contributed by atoms with E-state index in [-0.39, 0.29) is 0 Å². The van der Waals surface area contributed by atoms with Crippen molar-refractivity contribution < 1.29 is 0 Å². The Bertz CT molecular complexity index is 323. The van der Waals surface area contributed by atoms with E-state index in [0.717, 1.165) is 13.1 Å². The Balaban J connectivity index is 2.02. The minimum atomic E-state index is 0.380. The molecule has 0 radical (unpaired) electrons. The predicted octanol–water partition coefficient (Wildman–Crippen LogP) is 2.78. The molecule has 1 aromatic rings. The van der Waals surface area contributed by atoms with Gasteiger partial charge in [-0.1, -0.05) is 43.7 Å². The van der Waals surface area contributed by atoms with E-state index in [4.69, 9.17) is 5.73 Å². The highest BCUT2D eigenvalue weighted by Gasteiger charge is 2.28. The molecule has 0 amide bonds. The zero-order valence-corrected chi connectivity index (χ0v) is 10.8. The maximum atomic E-state index is 6.22. The molecule has 0 saturated heterocycles. The van der Waals surface area contributed by atoms with Gasteiger partial charge in [0.25, 0.3) is 0 Å². The van der Waals surface area contributed by atoms with Crippen molar-refractivity contribution >= 4 is 0 Å². The van der Waals surface area contributed by atoms with Crippen LogP contribution in [0.15, 0.2) is 30.3 Å². The van der Waals surface area contributed by atoms with Crippen LogP contribution in [0.25, 0.3) is 0 Å². The third-order valence-corrected chi connectivity index (χ3v) is 3.74. The Morgan fingerprint density at radius 2 is 2.00 bits per heavy atom. The number of rotatable bonds is 5. The zero-order chi connectivity index (χ0) is 12.1. The van der Waals surface area contributed by atoms with Gasteiger partial charge in [-0.05, 0) is 31.4 Å². The maximum Gasteiger partial charge on any atom is 0.0250 e. The summed E-state index contributed by atoms with van der Waals surface area (Å²) in [5, 5.41) is 0. The van der Waals surface area contributed by atoms with Crippen LogP contribution in [0.3, 0.4) is 0 Å². The molecular weight excluding hydrogens is 208 g/mol. The molecule has 2 rings (SSSR count). The standard InChI is InChI=1S/C15H24N2/c1-2-11-17(15-10-6-9-14(15)16)12-13-7-4-3-5-8-13/h3-5,7-8,14-15H,2,6,9-12,16H2,1H3. The predicted molar refractivity (Wildman–Crippen MR) is 72.8 cm³/mol. The quantitative estimate of drug-likeness (QED) is 0.846. The number of nitrogens with two attached hydrogens (primary N) is 1. The molecular formula is C15H24N2. The Hall–Kier alpha value is -0.860. The van der Waals surface area contributed by atoms with Crippen LogP contribution in [0.1, 0.15) is 38.2 Å². The molecule has 1 saturated carbocycles. The summed E-state index contributed by atoms with van der Waals surface area (Å²) in [6.45, 7) is 4.46. The molecule has 0 aliphatic heterocycles. The summed E-state index contributed by atoms with van der Waals surface area (Å²) in [5.74, 6) is 0. The van der Waals surface area contributed by atoms with Crippen LogP contribution in [-0.4, -0.2) is 23.5 Å². The van der Waals surface area contributed by atoms with E-state index in [2.05, 4.69) is 42.2 Å². The lowest BCUT2D eigenvalue weighted by molar-refractivity contribution is 0.176. The summed E-state index contributed by atoms with van der Waals surface area (Å²) in [7, 11) is 0. The van der Waals surface area contributed by atoms with Gasteiger partial charge in [0.05, 0.1) is 0 Å². The fraction of sp³-hybridized carbons (Fsp3) is 0.600. The fourth-order valence-corrected chi connectivity index (χ4v) is 2.89. The van der Waals surface area contributed by atoms with Crippen molar-refractivity contribution in [3.63, 3.8) is 0 Å². The second kappa shape index (κ2) is 6.18. The molecule has 1 fully saturated rings. The van der Waals surface area contributed by atoms with Gasteiger partial charge in [-0.15, -0.1) is 0 Å². The second-order valence-electron chi connectivity index (χ2n) is 5.12. The van der Waals surface area contributed by atoms with Crippen LogP contribution in [0.2, 0.25) is 0 Å². The van der Waals surface area contributed by atoms with E-state index >= 15 is 0 Å². The van der Waals surface area contributed by atoms with Crippen LogP contribution in [-0.2, 0) is 6.54 Å².